The molecule has 0 spiro atoms. The van der Waals surface area contributed by atoms with Crippen LogP contribution in [-0.4, -0.2) is 30.7 Å². The molecule has 4 aliphatic carbocycles. The highest BCUT2D eigenvalue weighted by Gasteiger charge is 2.64. The zero-order valence-electron chi connectivity index (χ0n) is 18.1. The molecule has 0 aliphatic heterocycles. The number of carbonyl (C=O) groups excluding carboxylic acids is 2. The summed E-state index contributed by atoms with van der Waals surface area (Å²) in [5.41, 5.74) is 0.177. The van der Waals surface area contributed by atoms with Crippen LogP contribution < -0.4 is 0 Å². The second-order valence-corrected chi connectivity index (χ2v) is 10.4. The highest BCUT2D eigenvalue weighted by Crippen LogP contribution is 2.66. The molecule has 0 amide bonds. The molecule has 4 aliphatic rings. The van der Waals surface area contributed by atoms with E-state index in [4.69, 9.17) is 16.0 Å². The standard InChI is InChI=1S/C24H35NO4/c1-15(26)28-18-9-11-23(3)17(13-18)5-6-19-20(23)10-12-24(14-25-4)21(19)7-8-22(24)29-16(2)27/h17-22H,5-14H2,1-3H3/t17?,18-,19?,20?,21?,22-,23-,24+/m0/s1. The van der Waals surface area contributed by atoms with E-state index in [2.05, 4.69) is 11.8 Å². The molecule has 0 aromatic rings. The second kappa shape index (κ2) is 7.60. The third-order valence-electron chi connectivity index (χ3n) is 9.27. The maximum absolute atomic E-state index is 11.7. The van der Waals surface area contributed by atoms with E-state index < -0.39 is 0 Å². The maximum Gasteiger partial charge on any atom is 0.302 e. The van der Waals surface area contributed by atoms with Crippen LogP contribution in [0.5, 0.6) is 0 Å². The molecule has 0 N–H and O–H groups in total. The van der Waals surface area contributed by atoms with Crippen molar-refractivity contribution in [3.8, 4) is 0 Å². The minimum atomic E-state index is -0.207. The van der Waals surface area contributed by atoms with Crippen molar-refractivity contribution in [1.29, 1.82) is 0 Å². The molecule has 5 nitrogen and oxygen atoms in total. The van der Waals surface area contributed by atoms with Gasteiger partial charge >= 0.3 is 11.9 Å². The van der Waals surface area contributed by atoms with Gasteiger partial charge in [0.1, 0.15) is 12.2 Å². The minimum absolute atomic E-state index is 0.0784. The van der Waals surface area contributed by atoms with Crippen molar-refractivity contribution in [2.45, 2.75) is 90.8 Å². The van der Waals surface area contributed by atoms with Crippen molar-refractivity contribution in [2.24, 2.45) is 34.5 Å². The Kier molecular flexibility index (Phi) is 5.42. The van der Waals surface area contributed by atoms with Crippen molar-refractivity contribution in [2.75, 3.05) is 6.54 Å². The summed E-state index contributed by atoms with van der Waals surface area (Å²) in [5, 5.41) is 0. The predicted octanol–water partition coefficient (Wildman–Crippen LogP) is 4.79. The number of hydrogen-bond acceptors (Lipinski definition) is 4. The van der Waals surface area contributed by atoms with Crippen molar-refractivity contribution in [3.05, 3.63) is 11.4 Å². The van der Waals surface area contributed by atoms with E-state index in [9.17, 15) is 9.59 Å². The number of carbonyl (C=O) groups is 2. The van der Waals surface area contributed by atoms with Crippen molar-refractivity contribution in [1.82, 2.24) is 0 Å². The van der Waals surface area contributed by atoms with Gasteiger partial charge in [-0.3, -0.25) is 9.59 Å². The van der Waals surface area contributed by atoms with Gasteiger partial charge in [0.2, 0.25) is 6.54 Å². The summed E-state index contributed by atoms with van der Waals surface area (Å²) in [6.45, 7) is 13.6. The molecule has 8 atom stereocenters. The summed E-state index contributed by atoms with van der Waals surface area (Å²) in [5.74, 6) is 2.08. The lowest BCUT2D eigenvalue weighted by atomic mass is 9.45. The van der Waals surface area contributed by atoms with Gasteiger partial charge in [0.15, 0.2) is 0 Å². The summed E-state index contributed by atoms with van der Waals surface area (Å²) in [7, 11) is 0. The first kappa shape index (κ1) is 20.7. The van der Waals surface area contributed by atoms with Crippen molar-refractivity contribution < 1.29 is 19.1 Å². The number of ether oxygens (including phenoxy) is 2. The van der Waals surface area contributed by atoms with E-state index in [1.54, 1.807) is 0 Å². The van der Waals surface area contributed by atoms with E-state index >= 15 is 0 Å². The maximum atomic E-state index is 11.7. The van der Waals surface area contributed by atoms with Crippen molar-refractivity contribution in [3.63, 3.8) is 0 Å². The van der Waals surface area contributed by atoms with Gasteiger partial charge in [-0.15, -0.1) is 0 Å². The zero-order chi connectivity index (χ0) is 20.8. The molecule has 4 rings (SSSR count). The second-order valence-electron chi connectivity index (χ2n) is 10.4. The van der Waals surface area contributed by atoms with Gasteiger partial charge in [0.25, 0.3) is 0 Å². The van der Waals surface area contributed by atoms with Crippen LogP contribution >= 0.6 is 0 Å². The molecule has 4 saturated carbocycles. The summed E-state index contributed by atoms with van der Waals surface area (Å²) in [6, 6.07) is 0. The Bertz CT molecular complexity index is 714. The van der Waals surface area contributed by atoms with Gasteiger partial charge in [-0.05, 0) is 86.9 Å². The largest absolute Gasteiger partial charge is 0.463 e. The molecule has 0 heterocycles. The Labute approximate surface area is 174 Å². The summed E-state index contributed by atoms with van der Waals surface area (Å²) in [6.07, 6.45) is 9.67. The highest BCUT2D eigenvalue weighted by atomic mass is 16.5. The van der Waals surface area contributed by atoms with Gasteiger partial charge in [0, 0.05) is 13.8 Å². The van der Waals surface area contributed by atoms with Gasteiger partial charge < -0.3 is 14.3 Å². The van der Waals surface area contributed by atoms with Gasteiger partial charge in [0.05, 0.1) is 5.41 Å². The molecule has 0 aromatic carbocycles. The van der Waals surface area contributed by atoms with E-state index in [0.29, 0.717) is 35.6 Å². The fourth-order valence-corrected chi connectivity index (χ4v) is 8.14. The summed E-state index contributed by atoms with van der Waals surface area (Å²) < 4.78 is 11.3. The molecule has 0 saturated heterocycles. The Morgan fingerprint density at radius 3 is 2.41 bits per heavy atom. The lowest BCUT2D eigenvalue weighted by Crippen LogP contribution is -2.56. The molecule has 4 fully saturated rings. The van der Waals surface area contributed by atoms with Crippen LogP contribution in [0.3, 0.4) is 0 Å². The number of fused-ring (bicyclic) bond motifs is 5. The third-order valence-corrected chi connectivity index (χ3v) is 9.27. The average Bonchev–Trinajstić information content (AvgIpc) is 3.00. The molecule has 0 aromatic heterocycles. The van der Waals surface area contributed by atoms with Crippen LogP contribution in [0.4, 0.5) is 0 Å². The molecule has 160 valence electrons. The SMILES string of the molecule is [C-]#[N+]C[C@]12CCC3C(CCC4C[C@@H](OC(C)=O)CC[C@@]43C)C1CC[C@@H]2OC(C)=O. The molecular formula is C24H35NO4. The Morgan fingerprint density at radius 1 is 0.966 bits per heavy atom. The van der Waals surface area contributed by atoms with Gasteiger partial charge in [-0.1, -0.05) is 6.92 Å². The Hall–Kier alpha value is -1.57. The molecule has 4 unspecified atom stereocenters. The predicted molar refractivity (Wildman–Crippen MR) is 109 cm³/mol. The highest BCUT2D eigenvalue weighted by molar-refractivity contribution is 5.66. The number of hydrogen-bond donors (Lipinski definition) is 0. The fourth-order valence-electron chi connectivity index (χ4n) is 8.14. The topological polar surface area (TPSA) is 57.0 Å². The first-order valence-electron chi connectivity index (χ1n) is 11.5. The fraction of sp³-hybridized carbons (Fsp3) is 0.875. The summed E-state index contributed by atoms with van der Waals surface area (Å²) in [4.78, 5) is 27.0. The Balaban J connectivity index is 1.55. The first-order chi connectivity index (χ1) is 13.8. The lowest BCUT2D eigenvalue weighted by molar-refractivity contribution is -0.167. The molecule has 5 heteroatoms. The number of rotatable bonds is 3. The van der Waals surface area contributed by atoms with Crippen LogP contribution in [0, 0.1) is 41.1 Å². The minimum Gasteiger partial charge on any atom is -0.463 e. The quantitative estimate of drug-likeness (QED) is 0.504. The van der Waals surface area contributed by atoms with Crippen LogP contribution in [0.15, 0.2) is 0 Å². The van der Waals surface area contributed by atoms with Gasteiger partial charge in [-0.2, -0.15) is 0 Å². The van der Waals surface area contributed by atoms with Crippen LogP contribution in [0.2, 0.25) is 0 Å². The zero-order valence-corrected chi connectivity index (χ0v) is 18.1. The van der Waals surface area contributed by atoms with Gasteiger partial charge in [-0.25, -0.2) is 6.57 Å². The molecule has 0 bridgehead atoms. The molecule has 0 radical (unpaired) electrons. The van der Waals surface area contributed by atoms with E-state index in [-0.39, 0.29) is 29.6 Å². The van der Waals surface area contributed by atoms with Crippen molar-refractivity contribution >= 4 is 11.9 Å². The number of esters is 2. The van der Waals surface area contributed by atoms with Crippen LogP contribution in [0.1, 0.15) is 78.6 Å². The lowest BCUT2D eigenvalue weighted by Gasteiger charge is -2.60. The van der Waals surface area contributed by atoms with E-state index in [0.717, 1.165) is 44.9 Å². The summed E-state index contributed by atoms with van der Waals surface area (Å²) >= 11 is 0. The Morgan fingerprint density at radius 2 is 1.72 bits per heavy atom. The molecular weight excluding hydrogens is 366 g/mol. The smallest absolute Gasteiger partial charge is 0.302 e. The number of nitrogens with zero attached hydrogens (tertiary/aromatic N) is 1. The average molecular weight is 402 g/mol. The molecule has 29 heavy (non-hydrogen) atoms. The van der Waals surface area contributed by atoms with E-state index in [1.165, 1.54) is 26.7 Å². The first-order valence-corrected chi connectivity index (χ1v) is 11.5. The normalized spacial score (nSPS) is 45.9. The van der Waals surface area contributed by atoms with Crippen LogP contribution in [0.25, 0.3) is 4.85 Å². The van der Waals surface area contributed by atoms with Crippen LogP contribution in [-0.2, 0) is 19.1 Å². The monoisotopic (exact) mass is 401 g/mol. The van der Waals surface area contributed by atoms with E-state index in [1.807, 2.05) is 0 Å². The third kappa shape index (κ3) is 3.37.